The lowest BCUT2D eigenvalue weighted by molar-refractivity contribution is 0.443. The van der Waals surface area contributed by atoms with Crippen molar-refractivity contribution in [1.29, 1.82) is 0 Å². The van der Waals surface area contributed by atoms with Gasteiger partial charge in [0.2, 0.25) is 0 Å². The fraction of sp³-hybridized carbons (Fsp3) is 0.375. The van der Waals surface area contributed by atoms with E-state index in [9.17, 15) is 0 Å². The highest BCUT2D eigenvalue weighted by molar-refractivity contribution is 5.22. The number of aryl methyl sites for hydroxylation is 2. The third-order valence-electron chi connectivity index (χ3n) is 3.15. The van der Waals surface area contributed by atoms with E-state index in [1.165, 1.54) is 11.1 Å². The summed E-state index contributed by atoms with van der Waals surface area (Å²) in [6, 6.07) is 13.2. The van der Waals surface area contributed by atoms with E-state index in [4.69, 9.17) is 4.42 Å². The van der Waals surface area contributed by atoms with E-state index in [-0.39, 0.29) is 0 Å². The molecule has 0 bridgehead atoms. The second kappa shape index (κ2) is 6.41. The second-order valence-electron chi connectivity index (χ2n) is 4.89. The molecule has 0 spiro atoms. The van der Waals surface area contributed by atoms with Gasteiger partial charge in [0.05, 0.1) is 12.8 Å². The molecule has 0 aliphatic heterocycles. The van der Waals surface area contributed by atoms with Crippen LogP contribution in [-0.4, -0.2) is 6.04 Å². The van der Waals surface area contributed by atoms with Crippen molar-refractivity contribution < 1.29 is 4.42 Å². The Morgan fingerprint density at radius 1 is 1.22 bits per heavy atom. The third-order valence-corrected chi connectivity index (χ3v) is 3.15. The van der Waals surface area contributed by atoms with E-state index in [0.717, 1.165) is 25.1 Å². The minimum absolute atomic E-state index is 0.496. The van der Waals surface area contributed by atoms with Crippen LogP contribution in [0.5, 0.6) is 0 Å². The summed E-state index contributed by atoms with van der Waals surface area (Å²) in [5.41, 5.74) is 2.75. The maximum atomic E-state index is 5.30. The first-order valence-electron chi connectivity index (χ1n) is 6.55. The molecule has 0 saturated heterocycles. The first-order chi connectivity index (χ1) is 8.74. The monoisotopic (exact) mass is 243 g/mol. The van der Waals surface area contributed by atoms with Crippen molar-refractivity contribution in [3.05, 3.63) is 59.5 Å². The molecule has 1 N–H and O–H groups in total. The van der Waals surface area contributed by atoms with E-state index in [1.54, 1.807) is 6.26 Å². The quantitative estimate of drug-likeness (QED) is 0.837. The van der Waals surface area contributed by atoms with Crippen LogP contribution in [0, 0.1) is 6.92 Å². The van der Waals surface area contributed by atoms with Crippen LogP contribution in [-0.2, 0) is 13.0 Å². The number of hydrogen-bond donors (Lipinski definition) is 1. The van der Waals surface area contributed by atoms with Crippen LogP contribution >= 0.6 is 0 Å². The molecular weight excluding hydrogens is 222 g/mol. The SMILES string of the molecule is Cc1cccc(CCC(C)NCc2ccco2)c1. The summed E-state index contributed by atoms with van der Waals surface area (Å²) in [5.74, 6) is 0.998. The van der Waals surface area contributed by atoms with Crippen LogP contribution in [0.15, 0.2) is 47.1 Å². The van der Waals surface area contributed by atoms with Gasteiger partial charge in [0.1, 0.15) is 5.76 Å². The summed E-state index contributed by atoms with van der Waals surface area (Å²) < 4.78 is 5.30. The van der Waals surface area contributed by atoms with Gasteiger partial charge < -0.3 is 9.73 Å². The Morgan fingerprint density at radius 2 is 2.11 bits per heavy atom. The Kier molecular flexibility index (Phi) is 4.59. The zero-order chi connectivity index (χ0) is 12.8. The molecule has 1 heterocycles. The predicted molar refractivity (Wildman–Crippen MR) is 74.5 cm³/mol. The van der Waals surface area contributed by atoms with Gasteiger partial charge in [-0.25, -0.2) is 0 Å². The molecule has 2 nitrogen and oxygen atoms in total. The summed E-state index contributed by atoms with van der Waals surface area (Å²) in [5, 5.41) is 3.48. The summed E-state index contributed by atoms with van der Waals surface area (Å²) in [7, 11) is 0. The van der Waals surface area contributed by atoms with Gasteiger partial charge in [-0.2, -0.15) is 0 Å². The van der Waals surface area contributed by atoms with Crippen LogP contribution in [0.2, 0.25) is 0 Å². The first kappa shape index (κ1) is 12.9. The molecule has 18 heavy (non-hydrogen) atoms. The van der Waals surface area contributed by atoms with Gasteiger partial charge >= 0.3 is 0 Å². The minimum Gasteiger partial charge on any atom is -0.468 e. The Labute approximate surface area is 109 Å². The number of furan rings is 1. The normalized spacial score (nSPS) is 12.6. The fourth-order valence-electron chi connectivity index (χ4n) is 2.04. The molecule has 2 rings (SSSR count). The molecule has 0 fully saturated rings. The number of rotatable bonds is 6. The Bertz CT molecular complexity index is 462. The summed E-state index contributed by atoms with van der Waals surface area (Å²) in [4.78, 5) is 0. The van der Waals surface area contributed by atoms with Crippen molar-refractivity contribution in [1.82, 2.24) is 5.32 Å². The van der Waals surface area contributed by atoms with E-state index < -0.39 is 0 Å². The molecule has 2 aromatic rings. The summed E-state index contributed by atoms with van der Waals surface area (Å²) >= 11 is 0. The lowest BCUT2D eigenvalue weighted by atomic mass is 10.0. The van der Waals surface area contributed by atoms with Crippen molar-refractivity contribution in [3.8, 4) is 0 Å². The average molecular weight is 243 g/mol. The standard InChI is InChI=1S/C16H21NO/c1-13-5-3-6-15(11-13)9-8-14(2)17-12-16-7-4-10-18-16/h3-7,10-11,14,17H,8-9,12H2,1-2H3. The number of nitrogens with one attached hydrogen (secondary N) is 1. The smallest absolute Gasteiger partial charge is 0.117 e. The van der Waals surface area contributed by atoms with Gasteiger partial charge in [0.15, 0.2) is 0 Å². The van der Waals surface area contributed by atoms with Crippen molar-refractivity contribution in [2.45, 2.75) is 39.3 Å². The summed E-state index contributed by atoms with van der Waals surface area (Å²) in [6.45, 7) is 5.17. The van der Waals surface area contributed by atoms with Gasteiger partial charge in [-0.05, 0) is 44.4 Å². The number of benzene rings is 1. The van der Waals surface area contributed by atoms with Gasteiger partial charge in [-0.15, -0.1) is 0 Å². The highest BCUT2D eigenvalue weighted by atomic mass is 16.3. The molecule has 2 heteroatoms. The molecule has 1 aromatic carbocycles. The van der Waals surface area contributed by atoms with Crippen LogP contribution < -0.4 is 5.32 Å². The Morgan fingerprint density at radius 3 is 2.83 bits per heavy atom. The topological polar surface area (TPSA) is 25.2 Å². The zero-order valence-electron chi connectivity index (χ0n) is 11.1. The predicted octanol–water partition coefficient (Wildman–Crippen LogP) is 3.70. The van der Waals surface area contributed by atoms with Crippen molar-refractivity contribution in [2.75, 3.05) is 0 Å². The van der Waals surface area contributed by atoms with Gasteiger partial charge in [0.25, 0.3) is 0 Å². The number of hydrogen-bond acceptors (Lipinski definition) is 2. The van der Waals surface area contributed by atoms with Crippen LogP contribution in [0.25, 0.3) is 0 Å². The third kappa shape index (κ3) is 4.04. The van der Waals surface area contributed by atoms with E-state index in [2.05, 4.69) is 43.4 Å². The molecule has 1 unspecified atom stereocenters. The second-order valence-corrected chi connectivity index (χ2v) is 4.89. The van der Waals surface area contributed by atoms with Gasteiger partial charge in [0, 0.05) is 6.04 Å². The van der Waals surface area contributed by atoms with Crippen LogP contribution in [0.3, 0.4) is 0 Å². The van der Waals surface area contributed by atoms with Crippen molar-refractivity contribution >= 4 is 0 Å². The molecule has 0 radical (unpaired) electrons. The van der Waals surface area contributed by atoms with E-state index >= 15 is 0 Å². The summed E-state index contributed by atoms with van der Waals surface area (Å²) in [6.07, 6.45) is 3.98. The molecule has 0 saturated carbocycles. The molecule has 0 amide bonds. The van der Waals surface area contributed by atoms with Gasteiger partial charge in [-0.3, -0.25) is 0 Å². The average Bonchev–Trinajstić information content (AvgIpc) is 2.87. The maximum absolute atomic E-state index is 5.30. The molecule has 1 atom stereocenters. The maximum Gasteiger partial charge on any atom is 0.117 e. The fourth-order valence-corrected chi connectivity index (χ4v) is 2.04. The van der Waals surface area contributed by atoms with Crippen LogP contribution in [0.4, 0.5) is 0 Å². The van der Waals surface area contributed by atoms with Crippen molar-refractivity contribution in [3.63, 3.8) is 0 Å². The lowest BCUT2D eigenvalue weighted by Gasteiger charge is -2.12. The Hall–Kier alpha value is -1.54. The van der Waals surface area contributed by atoms with Crippen LogP contribution in [0.1, 0.15) is 30.2 Å². The Balaban J connectivity index is 1.73. The molecular formula is C16H21NO. The molecule has 1 aromatic heterocycles. The highest BCUT2D eigenvalue weighted by Gasteiger charge is 2.03. The molecule has 96 valence electrons. The zero-order valence-corrected chi connectivity index (χ0v) is 11.1. The largest absolute Gasteiger partial charge is 0.468 e. The van der Waals surface area contributed by atoms with Gasteiger partial charge in [-0.1, -0.05) is 29.8 Å². The van der Waals surface area contributed by atoms with E-state index in [0.29, 0.717) is 6.04 Å². The van der Waals surface area contributed by atoms with E-state index in [1.807, 2.05) is 12.1 Å². The molecule has 0 aliphatic carbocycles. The lowest BCUT2D eigenvalue weighted by Crippen LogP contribution is -2.25. The highest BCUT2D eigenvalue weighted by Crippen LogP contribution is 2.08. The van der Waals surface area contributed by atoms with Crippen molar-refractivity contribution in [2.24, 2.45) is 0 Å². The minimum atomic E-state index is 0.496. The first-order valence-corrected chi connectivity index (χ1v) is 6.55. The molecule has 0 aliphatic rings.